The minimum Gasteiger partial charge on any atom is -0.463 e. The summed E-state index contributed by atoms with van der Waals surface area (Å²) < 4.78 is 9.59. The number of rotatable bonds is 5. The van der Waals surface area contributed by atoms with Crippen molar-refractivity contribution in [3.05, 3.63) is 0 Å². The maximum Gasteiger partial charge on any atom is 0.334 e. The molecule has 0 fully saturated rings. The summed E-state index contributed by atoms with van der Waals surface area (Å²) in [7, 11) is 1.59. The minimum absolute atomic E-state index is 0.165. The van der Waals surface area contributed by atoms with Gasteiger partial charge in [-0.25, -0.2) is 4.79 Å². The maximum atomic E-state index is 10.7. The molecule has 0 heterocycles. The quantitative estimate of drug-likeness (QED) is 0.608. The molecule has 0 aromatic carbocycles. The Morgan fingerprint density at radius 1 is 1.42 bits per heavy atom. The summed E-state index contributed by atoms with van der Waals surface area (Å²) in [6.07, 6.45) is -1.04. The topological polar surface area (TPSA) is 55.8 Å². The molecule has 0 aliphatic rings. The Balaban J connectivity index is 3.47. The van der Waals surface area contributed by atoms with Crippen molar-refractivity contribution in [3.8, 4) is 0 Å². The Morgan fingerprint density at radius 3 is 2.42 bits per heavy atom. The molecular weight excluding hydrogens is 160 g/mol. The molecular formula is C8H16O4. The van der Waals surface area contributed by atoms with E-state index in [9.17, 15) is 4.79 Å². The van der Waals surface area contributed by atoms with Gasteiger partial charge in [0, 0.05) is 13.0 Å². The van der Waals surface area contributed by atoms with E-state index in [1.54, 1.807) is 7.11 Å². The third kappa shape index (κ3) is 5.09. The Hall–Kier alpha value is -0.610. The minimum atomic E-state index is -1.04. The number of aliphatic hydroxyl groups is 1. The lowest BCUT2D eigenvalue weighted by Gasteiger charge is -2.11. The molecule has 1 N–H and O–H groups in total. The maximum absolute atomic E-state index is 10.7. The first-order valence-electron chi connectivity index (χ1n) is 3.91. The third-order valence-corrected chi connectivity index (χ3v) is 1.30. The second-order valence-electron chi connectivity index (χ2n) is 2.87. The summed E-state index contributed by atoms with van der Waals surface area (Å²) >= 11 is 0. The van der Waals surface area contributed by atoms with Gasteiger partial charge >= 0.3 is 5.97 Å². The molecule has 0 aromatic rings. The molecule has 0 aliphatic heterocycles. The van der Waals surface area contributed by atoms with E-state index in [4.69, 9.17) is 14.6 Å². The molecule has 0 aromatic heterocycles. The molecule has 0 aliphatic carbocycles. The highest BCUT2D eigenvalue weighted by Gasteiger charge is 2.11. The number of esters is 1. The second kappa shape index (κ2) is 5.97. The molecule has 4 nitrogen and oxygen atoms in total. The summed E-state index contributed by atoms with van der Waals surface area (Å²) in [5, 5.41) is 8.76. The van der Waals surface area contributed by atoms with Gasteiger partial charge in [0.25, 0.3) is 0 Å². The van der Waals surface area contributed by atoms with E-state index in [1.807, 2.05) is 6.92 Å². The summed E-state index contributed by atoms with van der Waals surface area (Å²) in [6, 6.07) is 0. The van der Waals surface area contributed by atoms with E-state index in [0.29, 0.717) is 6.61 Å². The highest BCUT2D eigenvalue weighted by Crippen LogP contribution is 1.97. The van der Waals surface area contributed by atoms with Gasteiger partial charge in [0.1, 0.15) is 6.10 Å². The summed E-state index contributed by atoms with van der Waals surface area (Å²) in [5.41, 5.74) is 0. The van der Waals surface area contributed by atoms with Crippen LogP contribution in [-0.4, -0.2) is 37.5 Å². The average molecular weight is 176 g/mol. The van der Waals surface area contributed by atoms with Gasteiger partial charge in [0.15, 0.2) is 0 Å². The SMILES string of the molecule is COCC(C)COC(=O)C(C)O. The van der Waals surface area contributed by atoms with Gasteiger partial charge in [-0.15, -0.1) is 0 Å². The molecule has 4 heteroatoms. The number of aliphatic hydroxyl groups excluding tert-OH is 1. The summed E-state index contributed by atoms with van der Waals surface area (Å²) in [5.74, 6) is -0.421. The Bertz CT molecular complexity index is 133. The van der Waals surface area contributed by atoms with Crippen LogP contribution in [0.1, 0.15) is 13.8 Å². The van der Waals surface area contributed by atoms with Crippen LogP contribution in [0.25, 0.3) is 0 Å². The first-order valence-corrected chi connectivity index (χ1v) is 3.91. The lowest BCUT2D eigenvalue weighted by Crippen LogP contribution is -2.23. The van der Waals surface area contributed by atoms with E-state index in [1.165, 1.54) is 6.92 Å². The van der Waals surface area contributed by atoms with Crippen molar-refractivity contribution in [1.29, 1.82) is 0 Å². The monoisotopic (exact) mass is 176 g/mol. The second-order valence-corrected chi connectivity index (χ2v) is 2.87. The van der Waals surface area contributed by atoms with Gasteiger partial charge in [0.2, 0.25) is 0 Å². The number of hydrogen-bond acceptors (Lipinski definition) is 4. The summed E-state index contributed by atoms with van der Waals surface area (Å²) in [4.78, 5) is 10.7. The molecule has 0 saturated carbocycles. The van der Waals surface area contributed by atoms with Crippen LogP contribution in [0.5, 0.6) is 0 Å². The van der Waals surface area contributed by atoms with Crippen LogP contribution in [0.4, 0.5) is 0 Å². The van der Waals surface area contributed by atoms with Crippen molar-refractivity contribution >= 4 is 5.97 Å². The van der Waals surface area contributed by atoms with Crippen molar-refractivity contribution in [1.82, 2.24) is 0 Å². The van der Waals surface area contributed by atoms with Crippen molar-refractivity contribution in [2.24, 2.45) is 5.92 Å². The first kappa shape index (κ1) is 11.4. The molecule has 12 heavy (non-hydrogen) atoms. The number of carbonyl (C=O) groups excluding carboxylic acids is 1. The standard InChI is InChI=1S/C8H16O4/c1-6(4-11-3)5-12-8(10)7(2)9/h6-7,9H,4-5H2,1-3H3. The molecule has 0 rings (SSSR count). The molecule has 72 valence electrons. The van der Waals surface area contributed by atoms with Crippen molar-refractivity contribution < 1.29 is 19.4 Å². The first-order chi connectivity index (χ1) is 5.57. The van der Waals surface area contributed by atoms with E-state index in [2.05, 4.69) is 0 Å². The highest BCUT2D eigenvalue weighted by atomic mass is 16.5. The van der Waals surface area contributed by atoms with Gasteiger partial charge < -0.3 is 14.6 Å². The Labute approximate surface area is 72.5 Å². The zero-order valence-corrected chi connectivity index (χ0v) is 7.74. The van der Waals surface area contributed by atoms with Gasteiger partial charge in [0.05, 0.1) is 13.2 Å². The van der Waals surface area contributed by atoms with Gasteiger partial charge in [-0.1, -0.05) is 6.92 Å². The highest BCUT2D eigenvalue weighted by molar-refractivity contribution is 5.73. The molecule has 0 amide bonds. The normalized spacial score (nSPS) is 15.3. The van der Waals surface area contributed by atoms with Crippen molar-refractivity contribution in [2.75, 3.05) is 20.3 Å². The van der Waals surface area contributed by atoms with Gasteiger partial charge in [-0.2, -0.15) is 0 Å². The molecule has 2 unspecified atom stereocenters. The van der Waals surface area contributed by atoms with E-state index >= 15 is 0 Å². The lowest BCUT2D eigenvalue weighted by molar-refractivity contribution is -0.154. The van der Waals surface area contributed by atoms with E-state index in [0.717, 1.165) is 0 Å². The van der Waals surface area contributed by atoms with Crippen LogP contribution in [0, 0.1) is 5.92 Å². The predicted octanol–water partition coefficient (Wildman–Crippen LogP) is 0.193. The predicted molar refractivity (Wildman–Crippen MR) is 43.7 cm³/mol. The largest absolute Gasteiger partial charge is 0.463 e. The van der Waals surface area contributed by atoms with E-state index < -0.39 is 12.1 Å². The van der Waals surface area contributed by atoms with Crippen LogP contribution in [0.3, 0.4) is 0 Å². The molecule has 0 spiro atoms. The van der Waals surface area contributed by atoms with Crippen LogP contribution < -0.4 is 0 Å². The van der Waals surface area contributed by atoms with Crippen LogP contribution in [-0.2, 0) is 14.3 Å². The van der Waals surface area contributed by atoms with Gasteiger partial charge in [-0.05, 0) is 6.92 Å². The smallest absolute Gasteiger partial charge is 0.334 e. The fourth-order valence-corrected chi connectivity index (χ4v) is 0.678. The van der Waals surface area contributed by atoms with Crippen LogP contribution in [0.15, 0.2) is 0 Å². The average Bonchev–Trinajstić information content (AvgIpc) is 2.00. The molecule has 0 saturated heterocycles. The van der Waals surface area contributed by atoms with Crippen LogP contribution in [0.2, 0.25) is 0 Å². The Kier molecular flexibility index (Phi) is 5.66. The zero-order chi connectivity index (χ0) is 9.56. The van der Waals surface area contributed by atoms with Crippen LogP contribution >= 0.6 is 0 Å². The fourth-order valence-electron chi connectivity index (χ4n) is 0.678. The number of methoxy groups -OCH3 is 1. The van der Waals surface area contributed by atoms with Crippen molar-refractivity contribution in [3.63, 3.8) is 0 Å². The fraction of sp³-hybridized carbons (Fsp3) is 0.875. The molecule has 0 radical (unpaired) electrons. The van der Waals surface area contributed by atoms with E-state index in [-0.39, 0.29) is 12.5 Å². The molecule has 2 atom stereocenters. The lowest BCUT2D eigenvalue weighted by atomic mass is 10.2. The Morgan fingerprint density at radius 2 is 2.00 bits per heavy atom. The number of ether oxygens (including phenoxy) is 2. The number of carbonyl (C=O) groups is 1. The summed E-state index contributed by atoms with van der Waals surface area (Å²) in [6.45, 7) is 4.12. The third-order valence-electron chi connectivity index (χ3n) is 1.30. The number of hydrogen-bond donors (Lipinski definition) is 1. The molecule has 0 bridgehead atoms. The van der Waals surface area contributed by atoms with Crippen molar-refractivity contribution in [2.45, 2.75) is 20.0 Å². The zero-order valence-electron chi connectivity index (χ0n) is 7.74. The van der Waals surface area contributed by atoms with Gasteiger partial charge in [-0.3, -0.25) is 0 Å².